The second-order valence-electron chi connectivity index (χ2n) is 2.34. The lowest BCUT2D eigenvalue weighted by Crippen LogP contribution is -2.42. The molecule has 8 heavy (non-hydrogen) atoms. The minimum atomic E-state index is -0.325. The van der Waals surface area contributed by atoms with E-state index in [-0.39, 0.29) is 12.2 Å². The molecule has 0 radical (unpaired) electrons. The van der Waals surface area contributed by atoms with Gasteiger partial charge < -0.3 is 9.84 Å². The molecule has 1 unspecified atom stereocenters. The Kier molecular flexibility index (Phi) is 0.754. The van der Waals surface area contributed by atoms with Gasteiger partial charge in [0.1, 0.15) is 0 Å². The highest BCUT2D eigenvalue weighted by molar-refractivity contribution is 5.12. The van der Waals surface area contributed by atoms with Gasteiger partial charge in [0, 0.05) is 5.92 Å². The highest BCUT2D eigenvalue weighted by atomic mass is 16.5. The van der Waals surface area contributed by atoms with Gasteiger partial charge in [-0.2, -0.15) is 0 Å². The summed E-state index contributed by atoms with van der Waals surface area (Å²) in [5.41, 5.74) is 0. The standard InChI is InChI=1S/C6H8O2/c7-5-2-1-4-3-8-6(4)5/h1-2,4-7H,3H2/t4-,5-,6?/m0/s1. The SMILES string of the molecule is O[C@H]1C=C[C@H]2COC12. The minimum absolute atomic E-state index is 0.106. The smallest absolute Gasteiger partial charge is 0.0989 e. The Labute approximate surface area is 47.8 Å². The molecule has 2 aliphatic rings. The summed E-state index contributed by atoms with van der Waals surface area (Å²) < 4.78 is 5.05. The molecule has 1 aliphatic carbocycles. The van der Waals surface area contributed by atoms with Crippen LogP contribution >= 0.6 is 0 Å². The zero-order valence-corrected chi connectivity index (χ0v) is 4.45. The molecule has 3 atom stereocenters. The van der Waals surface area contributed by atoms with E-state index in [0.29, 0.717) is 5.92 Å². The average Bonchev–Trinajstić information content (AvgIpc) is 1.80. The summed E-state index contributed by atoms with van der Waals surface area (Å²) in [6.45, 7) is 0.804. The van der Waals surface area contributed by atoms with E-state index in [1.807, 2.05) is 12.2 Å². The third-order valence-electron chi connectivity index (χ3n) is 1.80. The molecule has 0 saturated carbocycles. The van der Waals surface area contributed by atoms with Crippen LogP contribution in [0.4, 0.5) is 0 Å². The van der Waals surface area contributed by atoms with Gasteiger partial charge in [-0.05, 0) is 0 Å². The molecular weight excluding hydrogens is 104 g/mol. The Morgan fingerprint density at radius 2 is 2.38 bits per heavy atom. The van der Waals surface area contributed by atoms with Crippen LogP contribution in [-0.2, 0) is 4.74 Å². The maximum atomic E-state index is 9.01. The predicted molar refractivity (Wildman–Crippen MR) is 28.4 cm³/mol. The van der Waals surface area contributed by atoms with Crippen molar-refractivity contribution in [1.82, 2.24) is 0 Å². The number of rotatable bonds is 0. The van der Waals surface area contributed by atoms with Gasteiger partial charge in [0.15, 0.2) is 0 Å². The van der Waals surface area contributed by atoms with Gasteiger partial charge in [-0.1, -0.05) is 12.2 Å². The second kappa shape index (κ2) is 1.33. The van der Waals surface area contributed by atoms with Crippen LogP contribution in [0, 0.1) is 5.92 Å². The molecule has 1 heterocycles. The van der Waals surface area contributed by atoms with Gasteiger partial charge in [0.2, 0.25) is 0 Å². The number of ether oxygens (including phenoxy) is 1. The third kappa shape index (κ3) is 0.394. The first kappa shape index (κ1) is 4.53. The Morgan fingerprint density at radius 3 is 2.62 bits per heavy atom. The monoisotopic (exact) mass is 112 g/mol. The number of aliphatic hydroxyl groups is 1. The van der Waals surface area contributed by atoms with Crippen molar-refractivity contribution in [3.8, 4) is 0 Å². The number of fused-ring (bicyclic) bond motifs is 1. The lowest BCUT2D eigenvalue weighted by molar-refractivity contribution is -0.126. The summed E-state index contributed by atoms with van der Waals surface area (Å²) in [5, 5.41) is 9.01. The molecule has 0 amide bonds. The van der Waals surface area contributed by atoms with Crippen LogP contribution in [-0.4, -0.2) is 23.9 Å². The molecule has 0 bridgehead atoms. The highest BCUT2D eigenvalue weighted by Crippen LogP contribution is 2.30. The van der Waals surface area contributed by atoms with Crippen molar-refractivity contribution in [3.63, 3.8) is 0 Å². The van der Waals surface area contributed by atoms with E-state index in [1.54, 1.807) is 0 Å². The fraction of sp³-hybridized carbons (Fsp3) is 0.667. The second-order valence-corrected chi connectivity index (χ2v) is 2.34. The fourth-order valence-electron chi connectivity index (χ4n) is 1.20. The van der Waals surface area contributed by atoms with Crippen molar-refractivity contribution in [2.45, 2.75) is 12.2 Å². The van der Waals surface area contributed by atoms with Crippen LogP contribution in [0.25, 0.3) is 0 Å². The molecule has 1 aliphatic heterocycles. The molecule has 2 rings (SSSR count). The summed E-state index contributed by atoms with van der Waals surface area (Å²) >= 11 is 0. The van der Waals surface area contributed by atoms with Crippen LogP contribution in [0.3, 0.4) is 0 Å². The minimum Gasteiger partial charge on any atom is -0.386 e. The van der Waals surface area contributed by atoms with E-state index >= 15 is 0 Å². The van der Waals surface area contributed by atoms with E-state index in [1.165, 1.54) is 0 Å². The zero-order valence-electron chi connectivity index (χ0n) is 4.45. The first-order valence-electron chi connectivity index (χ1n) is 2.86. The molecule has 0 aromatic rings. The molecule has 2 heteroatoms. The van der Waals surface area contributed by atoms with Crippen molar-refractivity contribution < 1.29 is 9.84 Å². The van der Waals surface area contributed by atoms with Crippen molar-refractivity contribution in [1.29, 1.82) is 0 Å². The van der Waals surface area contributed by atoms with E-state index < -0.39 is 0 Å². The van der Waals surface area contributed by atoms with E-state index in [4.69, 9.17) is 9.84 Å². The lowest BCUT2D eigenvalue weighted by Gasteiger charge is -2.32. The van der Waals surface area contributed by atoms with Gasteiger partial charge in [0.25, 0.3) is 0 Å². The normalized spacial score (nSPS) is 50.9. The summed E-state index contributed by atoms with van der Waals surface area (Å²) in [6.07, 6.45) is 3.62. The lowest BCUT2D eigenvalue weighted by atomic mass is 10.0. The van der Waals surface area contributed by atoms with Crippen LogP contribution in [0.1, 0.15) is 0 Å². The van der Waals surface area contributed by atoms with Crippen molar-refractivity contribution in [2.24, 2.45) is 5.92 Å². The van der Waals surface area contributed by atoms with E-state index in [0.717, 1.165) is 6.61 Å². The molecule has 0 aromatic heterocycles. The summed E-state index contributed by atoms with van der Waals surface area (Å²) in [7, 11) is 0. The predicted octanol–water partition coefficient (Wildman–Crippen LogP) is -0.0679. The van der Waals surface area contributed by atoms with Crippen molar-refractivity contribution >= 4 is 0 Å². The molecule has 44 valence electrons. The van der Waals surface area contributed by atoms with Crippen molar-refractivity contribution in [2.75, 3.05) is 6.61 Å². The molecule has 1 saturated heterocycles. The topological polar surface area (TPSA) is 29.5 Å². The van der Waals surface area contributed by atoms with E-state index in [9.17, 15) is 0 Å². The average molecular weight is 112 g/mol. The van der Waals surface area contributed by atoms with Gasteiger partial charge in [-0.3, -0.25) is 0 Å². The molecule has 1 N–H and O–H groups in total. The Bertz CT molecular complexity index is 122. The maximum absolute atomic E-state index is 9.01. The number of hydrogen-bond acceptors (Lipinski definition) is 2. The van der Waals surface area contributed by atoms with Crippen LogP contribution < -0.4 is 0 Å². The van der Waals surface area contributed by atoms with E-state index in [2.05, 4.69) is 0 Å². The first-order valence-corrected chi connectivity index (χ1v) is 2.86. The largest absolute Gasteiger partial charge is 0.386 e. The quantitative estimate of drug-likeness (QED) is 0.444. The summed E-state index contributed by atoms with van der Waals surface area (Å²) in [6, 6.07) is 0. The van der Waals surface area contributed by atoms with Gasteiger partial charge in [-0.15, -0.1) is 0 Å². The van der Waals surface area contributed by atoms with Crippen LogP contribution in [0.5, 0.6) is 0 Å². The molecule has 1 fully saturated rings. The molecular formula is C6H8O2. The van der Waals surface area contributed by atoms with Gasteiger partial charge in [-0.25, -0.2) is 0 Å². The highest BCUT2D eigenvalue weighted by Gasteiger charge is 2.38. The first-order chi connectivity index (χ1) is 3.88. The summed E-state index contributed by atoms with van der Waals surface area (Å²) in [4.78, 5) is 0. The van der Waals surface area contributed by atoms with Crippen LogP contribution in [0.15, 0.2) is 12.2 Å². The maximum Gasteiger partial charge on any atom is 0.0989 e. The zero-order chi connectivity index (χ0) is 5.56. The number of hydrogen-bond donors (Lipinski definition) is 1. The summed E-state index contributed by atoms with van der Waals surface area (Å²) in [5.74, 6) is 0.519. The van der Waals surface area contributed by atoms with Gasteiger partial charge in [0.05, 0.1) is 18.8 Å². The van der Waals surface area contributed by atoms with Gasteiger partial charge >= 0.3 is 0 Å². The Balaban J connectivity index is 2.14. The molecule has 2 nitrogen and oxygen atoms in total. The number of aliphatic hydroxyl groups excluding tert-OH is 1. The van der Waals surface area contributed by atoms with Crippen molar-refractivity contribution in [3.05, 3.63) is 12.2 Å². The third-order valence-corrected chi connectivity index (χ3v) is 1.80. The Morgan fingerprint density at radius 1 is 1.50 bits per heavy atom. The van der Waals surface area contributed by atoms with Crippen LogP contribution in [0.2, 0.25) is 0 Å². The Hall–Kier alpha value is -0.340. The molecule has 0 spiro atoms. The molecule has 0 aromatic carbocycles. The fourth-order valence-corrected chi connectivity index (χ4v) is 1.20.